The fourth-order valence-electron chi connectivity index (χ4n) is 6.35. The lowest BCUT2D eigenvalue weighted by molar-refractivity contribution is -0.156. The van der Waals surface area contributed by atoms with Crippen molar-refractivity contribution in [3.05, 3.63) is 117 Å². The number of rotatable bonds is 10. The van der Waals surface area contributed by atoms with Crippen LogP contribution in [0.1, 0.15) is 103 Å². The Bertz CT molecular complexity index is 2460. The third-order valence-corrected chi connectivity index (χ3v) is 10.1. The van der Waals surface area contributed by atoms with Gasteiger partial charge in [-0.25, -0.2) is 14.0 Å². The number of hydrogen-bond donors (Lipinski definition) is 3. The zero-order chi connectivity index (χ0) is 42.6. The standard InChI is InChI=1S/C21H24ClN5O2.C15H18ClN3O3.C6H8N2/c1-20(2,3)29-16(28)12-21(8-9-21)19-25-18(17-15(22)7-11-27(17)26-19)24-13-14-6-4-5-10-23-14;1-14(2,3)22-10(20)8-15(5-6-15)13-17-12(21)11-9(16)4-7-19(11)18-13;7-5-6-3-1-2-4-8-6/h4-7,10-11H,8-9,12-13H2,1-3H3,(H,24,25,26);4,7H,5-6,8H2,1-3H3,(H,17,18,21);1-4H,5,7H2. The van der Waals surface area contributed by atoms with E-state index in [2.05, 4.69) is 30.5 Å². The van der Waals surface area contributed by atoms with Gasteiger partial charge in [0.1, 0.15) is 28.1 Å². The van der Waals surface area contributed by atoms with Gasteiger partial charge in [0.2, 0.25) is 0 Å². The number of nitrogens with one attached hydrogen (secondary N) is 2. The van der Waals surface area contributed by atoms with Crippen LogP contribution in [-0.4, -0.2) is 62.3 Å². The molecule has 2 fully saturated rings. The molecule has 4 N–H and O–H groups in total. The first-order valence-corrected chi connectivity index (χ1v) is 20.2. The molecule has 0 bridgehead atoms. The molecule has 0 radical (unpaired) electrons. The lowest BCUT2D eigenvalue weighted by atomic mass is 10.0. The molecule has 0 saturated heterocycles. The molecule has 0 aliphatic heterocycles. The molecule has 6 heterocycles. The van der Waals surface area contributed by atoms with Crippen LogP contribution < -0.4 is 16.6 Å². The molecule has 0 atom stereocenters. The van der Waals surface area contributed by atoms with Crippen LogP contribution in [0.15, 0.2) is 78.1 Å². The van der Waals surface area contributed by atoms with Crippen LogP contribution in [-0.2, 0) is 43.0 Å². The van der Waals surface area contributed by atoms with Crippen molar-refractivity contribution in [1.82, 2.24) is 39.2 Å². The van der Waals surface area contributed by atoms with E-state index in [-0.39, 0.29) is 35.8 Å². The number of hydrogen-bond acceptors (Lipinski definition) is 12. The molecular weight excluding hydrogens is 795 g/mol. The Balaban J connectivity index is 0.000000171. The first kappa shape index (κ1) is 43.2. The van der Waals surface area contributed by atoms with E-state index in [1.54, 1.807) is 41.4 Å². The van der Waals surface area contributed by atoms with Gasteiger partial charge in [0.05, 0.1) is 40.8 Å². The smallest absolute Gasteiger partial charge is 0.307 e. The van der Waals surface area contributed by atoms with Crippen molar-refractivity contribution in [3.63, 3.8) is 0 Å². The third kappa shape index (κ3) is 11.2. The van der Waals surface area contributed by atoms with E-state index in [1.165, 1.54) is 4.52 Å². The number of halogens is 2. The Morgan fingerprint density at radius 1 is 0.780 bits per heavy atom. The monoisotopic (exact) mass is 844 g/mol. The lowest BCUT2D eigenvalue weighted by Gasteiger charge is -2.22. The maximum atomic E-state index is 12.4. The van der Waals surface area contributed by atoms with Crippen molar-refractivity contribution >= 4 is 52.0 Å². The molecule has 15 nitrogen and oxygen atoms in total. The van der Waals surface area contributed by atoms with E-state index >= 15 is 0 Å². The lowest BCUT2D eigenvalue weighted by Crippen LogP contribution is -2.29. The average molecular weight is 846 g/mol. The minimum absolute atomic E-state index is 0.216. The number of anilines is 1. The SMILES string of the molecule is CC(C)(C)OC(=O)CC1(c2nc(NCc3ccccn3)c3c(Cl)ccn3n2)CC1.CC(C)(C)OC(=O)CC1(c2nn3ccc(Cl)c3c(=O)[nH]2)CC1.NCc1ccccn1. The van der Waals surface area contributed by atoms with E-state index < -0.39 is 16.6 Å². The van der Waals surface area contributed by atoms with Crippen LogP contribution in [0.5, 0.6) is 0 Å². The normalized spacial score (nSPS) is 15.0. The summed E-state index contributed by atoms with van der Waals surface area (Å²) in [6, 6.07) is 14.9. The molecule has 8 rings (SSSR count). The van der Waals surface area contributed by atoms with Crippen molar-refractivity contribution in [3.8, 4) is 0 Å². The highest BCUT2D eigenvalue weighted by Crippen LogP contribution is 2.51. The molecule has 2 aliphatic carbocycles. The van der Waals surface area contributed by atoms with Gasteiger partial charge in [0, 0.05) is 42.2 Å². The maximum Gasteiger partial charge on any atom is 0.307 e. The number of carbonyl (C=O) groups excluding carboxylic acids is 2. The van der Waals surface area contributed by atoms with E-state index in [0.717, 1.165) is 37.1 Å². The van der Waals surface area contributed by atoms with Gasteiger partial charge < -0.3 is 25.5 Å². The number of fused-ring (bicyclic) bond motifs is 2. The summed E-state index contributed by atoms with van der Waals surface area (Å²) < 4.78 is 14.1. The number of ether oxygens (including phenoxy) is 2. The molecule has 0 spiro atoms. The predicted molar refractivity (Wildman–Crippen MR) is 225 cm³/mol. The Morgan fingerprint density at radius 3 is 1.80 bits per heavy atom. The summed E-state index contributed by atoms with van der Waals surface area (Å²) in [5.41, 5.74) is 6.01. The summed E-state index contributed by atoms with van der Waals surface area (Å²) in [6.07, 6.45) is 10.7. The minimum Gasteiger partial charge on any atom is -0.460 e. The van der Waals surface area contributed by atoms with Crippen LogP contribution in [0.3, 0.4) is 0 Å². The highest BCUT2D eigenvalue weighted by atomic mass is 35.5. The van der Waals surface area contributed by atoms with Gasteiger partial charge >= 0.3 is 11.9 Å². The van der Waals surface area contributed by atoms with Gasteiger partial charge in [-0.3, -0.25) is 24.4 Å². The van der Waals surface area contributed by atoms with Crippen LogP contribution in [0, 0.1) is 0 Å². The molecule has 6 aromatic heterocycles. The molecule has 312 valence electrons. The Labute approximate surface area is 352 Å². The van der Waals surface area contributed by atoms with Crippen molar-refractivity contribution in [2.24, 2.45) is 5.73 Å². The first-order chi connectivity index (χ1) is 27.9. The van der Waals surface area contributed by atoms with E-state index in [4.69, 9.17) is 43.4 Å². The van der Waals surface area contributed by atoms with Gasteiger partial charge in [-0.1, -0.05) is 35.3 Å². The minimum atomic E-state index is -0.522. The molecule has 59 heavy (non-hydrogen) atoms. The van der Waals surface area contributed by atoms with Crippen LogP contribution in [0.4, 0.5) is 5.82 Å². The summed E-state index contributed by atoms with van der Waals surface area (Å²) in [4.78, 5) is 52.5. The van der Waals surface area contributed by atoms with E-state index in [9.17, 15) is 14.4 Å². The van der Waals surface area contributed by atoms with Crippen molar-refractivity contribution in [2.75, 3.05) is 5.32 Å². The maximum absolute atomic E-state index is 12.4. The fourth-order valence-corrected chi connectivity index (χ4v) is 6.81. The number of pyridine rings is 2. The van der Waals surface area contributed by atoms with Gasteiger partial charge in [0.25, 0.3) is 5.56 Å². The van der Waals surface area contributed by atoms with Crippen LogP contribution >= 0.6 is 23.2 Å². The third-order valence-electron chi connectivity index (χ3n) is 9.52. The summed E-state index contributed by atoms with van der Waals surface area (Å²) in [6.45, 7) is 12.1. The van der Waals surface area contributed by atoms with Gasteiger partial charge in [0.15, 0.2) is 11.6 Å². The zero-order valence-corrected chi connectivity index (χ0v) is 35.6. The summed E-state index contributed by atoms with van der Waals surface area (Å²) in [7, 11) is 0. The first-order valence-electron chi connectivity index (χ1n) is 19.4. The number of esters is 2. The van der Waals surface area contributed by atoms with Crippen molar-refractivity contribution in [1.29, 1.82) is 0 Å². The van der Waals surface area contributed by atoms with Crippen molar-refractivity contribution in [2.45, 2.75) is 115 Å². The van der Waals surface area contributed by atoms with Crippen LogP contribution in [0.25, 0.3) is 11.0 Å². The van der Waals surface area contributed by atoms with Crippen LogP contribution in [0.2, 0.25) is 10.0 Å². The summed E-state index contributed by atoms with van der Waals surface area (Å²) >= 11 is 12.3. The highest BCUT2D eigenvalue weighted by Gasteiger charge is 2.51. The van der Waals surface area contributed by atoms with E-state index in [1.807, 2.05) is 77.9 Å². The number of nitrogens with zero attached hydrogens (tertiary/aromatic N) is 7. The number of aromatic amines is 1. The van der Waals surface area contributed by atoms with Crippen molar-refractivity contribution < 1.29 is 19.1 Å². The van der Waals surface area contributed by atoms with E-state index in [0.29, 0.717) is 51.6 Å². The second-order valence-corrected chi connectivity index (χ2v) is 17.6. The topological polar surface area (TPSA) is 197 Å². The predicted octanol–water partition coefficient (Wildman–Crippen LogP) is 7.13. The second kappa shape index (κ2) is 17.5. The molecular formula is C42H50Cl2N10O5. The summed E-state index contributed by atoms with van der Waals surface area (Å²) in [5.74, 6) is 1.27. The number of aromatic nitrogens is 8. The molecule has 2 aliphatic rings. The molecule has 2 saturated carbocycles. The Morgan fingerprint density at radius 2 is 1.31 bits per heavy atom. The molecule has 17 heteroatoms. The Hall–Kier alpha value is -5.38. The summed E-state index contributed by atoms with van der Waals surface area (Å²) in [5, 5.41) is 13.3. The van der Waals surface area contributed by atoms with Gasteiger partial charge in [-0.15, -0.1) is 0 Å². The average Bonchev–Trinajstić information content (AvgIpc) is 4.07. The number of carbonyl (C=O) groups is 2. The fraction of sp³-hybridized carbons (Fsp3) is 0.429. The van der Waals surface area contributed by atoms with Gasteiger partial charge in [-0.2, -0.15) is 10.2 Å². The largest absolute Gasteiger partial charge is 0.460 e. The Kier molecular flexibility index (Phi) is 12.8. The van der Waals surface area contributed by atoms with Gasteiger partial charge in [-0.05, 0) is 104 Å². The molecule has 0 aromatic carbocycles. The molecule has 6 aromatic rings. The quantitative estimate of drug-likeness (QED) is 0.118. The highest BCUT2D eigenvalue weighted by molar-refractivity contribution is 6.34. The number of H-pyrrole nitrogens is 1. The molecule has 0 amide bonds. The number of nitrogens with two attached hydrogens (primary N) is 1. The second-order valence-electron chi connectivity index (χ2n) is 16.8. The molecule has 0 unspecified atom stereocenters. The zero-order valence-electron chi connectivity index (χ0n) is 34.1.